The smallest absolute Gasteiger partial charge is 0.311 e. The van der Waals surface area contributed by atoms with Crippen LogP contribution in [-0.2, 0) is 14.3 Å². The molecule has 0 spiro atoms. The van der Waals surface area contributed by atoms with Crippen molar-refractivity contribution in [2.45, 2.75) is 6.42 Å². The number of amides is 1. The van der Waals surface area contributed by atoms with E-state index < -0.39 is 5.92 Å². The van der Waals surface area contributed by atoms with Crippen LogP contribution in [0.15, 0.2) is 29.6 Å². The number of benzene rings is 1. The highest BCUT2D eigenvalue weighted by atomic mass is 32.1. The van der Waals surface area contributed by atoms with E-state index in [0.717, 1.165) is 11.3 Å². The molecule has 22 heavy (non-hydrogen) atoms. The maximum Gasteiger partial charge on any atom is 0.311 e. The van der Waals surface area contributed by atoms with Crippen LogP contribution in [0.5, 0.6) is 5.75 Å². The fourth-order valence-electron chi connectivity index (χ4n) is 2.37. The molecule has 6 nitrogen and oxygen atoms in total. The first kappa shape index (κ1) is 14.5. The summed E-state index contributed by atoms with van der Waals surface area (Å²) in [5.74, 6) is -0.735. The molecule has 1 aliphatic rings. The first-order valence-electron chi connectivity index (χ1n) is 6.71. The van der Waals surface area contributed by atoms with Gasteiger partial charge in [0.25, 0.3) is 0 Å². The van der Waals surface area contributed by atoms with Gasteiger partial charge in [0.05, 0.1) is 18.7 Å². The Labute approximate surface area is 131 Å². The third-order valence-electron chi connectivity index (χ3n) is 3.55. The summed E-state index contributed by atoms with van der Waals surface area (Å²) in [5.41, 5.74) is 1.59. The number of esters is 1. The second kappa shape index (κ2) is 5.76. The molecule has 1 saturated heterocycles. The third-order valence-corrected chi connectivity index (χ3v) is 4.41. The number of ether oxygens (including phenoxy) is 1. The second-order valence-corrected chi connectivity index (χ2v) is 5.83. The van der Waals surface area contributed by atoms with Crippen molar-refractivity contribution in [3.05, 3.63) is 29.6 Å². The number of rotatable bonds is 3. The van der Waals surface area contributed by atoms with Crippen LogP contribution in [0.2, 0.25) is 0 Å². The fraction of sp³-hybridized carbons (Fsp3) is 0.267. The van der Waals surface area contributed by atoms with Gasteiger partial charge in [-0.25, -0.2) is 4.98 Å². The summed E-state index contributed by atoms with van der Waals surface area (Å²) in [7, 11) is 1.32. The first-order valence-corrected chi connectivity index (χ1v) is 7.59. The SMILES string of the molecule is COC(=O)C1CC(=O)N(c2nc(-c3ccc(O)cc3)cs2)C1. The molecule has 2 heterocycles. The van der Waals surface area contributed by atoms with Crippen molar-refractivity contribution in [1.82, 2.24) is 4.98 Å². The standard InChI is InChI=1S/C15H14N2O4S/c1-21-14(20)10-6-13(19)17(7-10)15-16-12(8-22-15)9-2-4-11(18)5-3-9/h2-5,8,10,18H,6-7H2,1H3. The molecule has 3 rings (SSSR count). The monoisotopic (exact) mass is 318 g/mol. The minimum Gasteiger partial charge on any atom is -0.508 e. The quantitative estimate of drug-likeness (QED) is 0.876. The topological polar surface area (TPSA) is 79.7 Å². The van der Waals surface area contributed by atoms with E-state index in [-0.39, 0.29) is 24.0 Å². The Morgan fingerprint density at radius 2 is 2.14 bits per heavy atom. The Balaban J connectivity index is 1.80. The van der Waals surface area contributed by atoms with Crippen molar-refractivity contribution in [2.24, 2.45) is 5.92 Å². The Morgan fingerprint density at radius 3 is 2.82 bits per heavy atom. The molecule has 0 aliphatic carbocycles. The van der Waals surface area contributed by atoms with Crippen LogP contribution in [0.1, 0.15) is 6.42 Å². The zero-order valence-corrected chi connectivity index (χ0v) is 12.7. The molecular weight excluding hydrogens is 304 g/mol. The molecule has 0 radical (unpaired) electrons. The molecule has 1 fully saturated rings. The molecule has 1 N–H and O–H groups in total. The number of aromatic hydroxyl groups is 1. The fourth-order valence-corrected chi connectivity index (χ4v) is 3.23. The molecule has 0 saturated carbocycles. The molecule has 1 amide bonds. The van der Waals surface area contributed by atoms with Crippen molar-refractivity contribution < 1.29 is 19.4 Å². The molecule has 1 atom stereocenters. The van der Waals surface area contributed by atoms with Crippen LogP contribution in [0.3, 0.4) is 0 Å². The van der Waals surface area contributed by atoms with Crippen LogP contribution in [0.4, 0.5) is 5.13 Å². The van der Waals surface area contributed by atoms with Crippen molar-refractivity contribution in [1.29, 1.82) is 0 Å². The predicted octanol–water partition coefficient (Wildman–Crippen LogP) is 2.04. The van der Waals surface area contributed by atoms with Gasteiger partial charge in [-0.15, -0.1) is 11.3 Å². The van der Waals surface area contributed by atoms with Gasteiger partial charge >= 0.3 is 5.97 Å². The van der Waals surface area contributed by atoms with E-state index in [1.807, 2.05) is 5.38 Å². The zero-order valence-electron chi connectivity index (χ0n) is 11.9. The van der Waals surface area contributed by atoms with Gasteiger partial charge in [-0.2, -0.15) is 0 Å². The van der Waals surface area contributed by atoms with E-state index in [0.29, 0.717) is 11.7 Å². The van der Waals surface area contributed by atoms with E-state index in [1.165, 1.54) is 23.3 Å². The van der Waals surface area contributed by atoms with E-state index in [9.17, 15) is 14.7 Å². The number of anilines is 1. The average Bonchev–Trinajstić information content (AvgIpc) is 3.14. The highest BCUT2D eigenvalue weighted by Crippen LogP contribution is 2.32. The van der Waals surface area contributed by atoms with Crippen LogP contribution in [0, 0.1) is 5.92 Å². The minimum atomic E-state index is -0.432. The second-order valence-electron chi connectivity index (χ2n) is 4.99. The average molecular weight is 318 g/mol. The summed E-state index contributed by atoms with van der Waals surface area (Å²) in [6.07, 6.45) is 0.154. The Morgan fingerprint density at radius 1 is 1.41 bits per heavy atom. The summed E-state index contributed by atoms with van der Waals surface area (Å²) in [6.45, 7) is 0.300. The third kappa shape index (κ3) is 2.67. The lowest BCUT2D eigenvalue weighted by Gasteiger charge is -2.12. The lowest BCUT2D eigenvalue weighted by atomic mass is 10.1. The molecule has 7 heteroatoms. The van der Waals surface area contributed by atoms with Crippen LogP contribution in [0.25, 0.3) is 11.3 Å². The van der Waals surface area contributed by atoms with Gasteiger partial charge < -0.3 is 9.84 Å². The molecule has 1 unspecified atom stereocenters. The summed E-state index contributed by atoms with van der Waals surface area (Å²) in [4.78, 5) is 29.6. The van der Waals surface area contributed by atoms with Crippen molar-refractivity contribution in [2.75, 3.05) is 18.6 Å². The van der Waals surface area contributed by atoms with E-state index >= 15 is 0 Å². The molecule has 1 aliphatic heterocycles. The summed E-state index contributed by atoms with van der Waals surface area (Å²) < 4.78 is 4.69. The lowest BCUT2D eigenvalue weighted by molar-refractivity contribution is -0.145. The normalized spacial score (nSPS) is 17.8. The number of aromatic nitrogens is 1. The number of hydrogen-bond donors (Lipinski definition) is 1. The van der Waals surface area contributed by atoms with Gasteiger partial charge in [0.1, 0.15) is 5.75 Å². The minimum absolute atomic E-state index is 0.123. The van der Waals surface area contributed by atoms with Crippen LogP contribution < -0.4 is 4.90 Å². The van der Waals surface area contributed by atoms with Crippen molar-refractivity contribution in [3.8, 4) is 17.0 Å². The lowest BCUT2D eigenvalue weighted by Crippen LogP contribution is -2.26. The number of hydrogen-bond acceptors (Lipinski definition) is 6. The molecule has 114 valence electrons. The highest BCUT2D eigenvalue weighted by Gasteiger charge is 2.37. The van der Waals surface area contributed by atoms with Gasteiger partial charge in [-0.05, 0) is 24.3 Å². The van der Waals surface area contributed by atoms with E-state index in [4.69, 9.17) is 4.74 Å². The maximum atomic E-state index is 12.0. The Bertz CT molecular complexity index is 711. The number of carbonyl (C=O) groups excluding carboxylic acids is 2. The van der Waals surface area contributed by atoms with Gasteiger partial charge in [-0.1, -0.05) is 0 Å². The number of carbonyl (C=O) groups is 2. The summed E-state index contributed by atoms with van der Waals surface area (Å²) in [6, 6.07) is 6.69. The first-order chi connectivity index (χ1) is 10.6. The van der Waals surface area contributed by atoms with Crippen molar-refractivity contribution in [3.63, 3.8) is 0 Å². The Hall–Kier alpha value is -2.41. The number of methoxy groups -OCH3 is 1. The van der Waals surface area contributed by atoms with E-state index in [1.54, 1.807) is 24.3 Å². The highest BCUT2D eigenvalue weighted by molar-refractivity contribution is 7.14. The number of phenolic OH excluding ortho intramolecular Hbond substituents is 1. The molecule has 1 aromatic heterocycles. The predicted molar refractivity (Wildman–Crippen MR) is 81.7 cm³/mol. The number of nitrogens with zero attached hydrogens (tertiary/aromatic N) is 2. The molecular formula is C15H14N2O4S. The van der Waals surface area contributed by atoms with E-state index in [2.05, 4.69) is 4.98 Å². The number of thiazole rings is 1. The largest absolute Gasteiger partial charge is 0.508 e. The summed E-state index contributed by atoms with van der Waals surface area (Å²) >= 11 is 1.35. The molecule has 2 aromatic rings. The van der Waals surface area contributed by atoms with Crippen molar-refractivity contribution >= 4 is 28.3 Å². The van der Waals surface area contributed by atoms with Gasteiger partial charge in [0, 0.05) is 23.9 Å². The Kier molecular flexibility index (Phi) is 3.81. The maximum absolute atomic E-state index is 12.0. The summed E-state index contributed by atoms with van der Waals surface area (Å²) in [5, 5.41) is 11.7. The molecule has 0 bridgehead atoms. The molecule has 1 aromatic carbocycles. The zero-order chi connectivity index (χ0) is 15.7. The van der Waals surface area contributed by atoms with Gasteiger partial charge in [0.2, 0.25) is 5.91 Å². The number of phenols is 1. The van der Waals surface area contributed by atoms with Crippen LogP contribution >= 0.6 is 11.3 Å². The van der Waals surface area contributed by atoms with Gasteiger partial charge in [-0.3, -0.25) is 14.5 Å². The van der Waals surface area contributed by atoms with Crippen LogP contribution in [-0.4, -0.2) is 35.6 Å². The van der Waals surface area contributed by atoms with Gasteiger partial charge in [0.15, 0.2) is 5.13 Å².